The molecule has 0 saturated carbocycles. The van der Waals surface area contributed by atoms with Crippen molar-refractivity contribution in [3.05, 3.63) is 22.5 Å². The second-order valence-electron chi connectivity index (χ2n) is 4.68. The van der Waals surface area contributed by atoms with Crippen LogP contribution in [0, 0.1) is 6.92 Å². The molecule has 3 rings (SSSR count). The summed E-state index contributed by atoms with van der Waals surface area (Å²) in [6.07, 6.45) is 1.79. The number of carboxylic acid groups (broad SMARTS) is 1. The number of thiazole rings is 1. The highest BCUT2D eigenvalue weighted by Gasteiger charge is 2.51. The van der Waals surface area contributed by atoms with E-state index in [1.165, 1.54) is 16.7 Å². The number of thioether (sulfide) groups is 2. The van der Waals surface area contributed by atoms with Crippen LogP contribution < -0.4 is 5.73 Å². The highest BCUT2D eigenvalue weighted by Crippen LogP contribution is 2.41. The van der Waals surface area contributed by atoms with Crippen molar-refractivity contribution in [2.75, 3.05) is 11.5 Å². The van der Waals surface area contributed by atoms with Gasteiger partial charge in [0, 0.05) is 11.5 Å². The molecule has 2 aliphatic rings. The number of β-lactam (4-membered cyclic amide) rings is 1. The number of nitrogens with zero attached hydrogens (tertiary/aromatic N) is 2. The molecule has 9 heteroatoms. The molecule has 0 spiro atoms. The number of aryl methyl sites for hydroxylation is 1. The lowest BCUT2D eigenvalue weighted by atomic mass is 10.0. The lowest BCUT2D eigenvalue weighted by molar-refractivity contribution is -0.147. The van der Waals surface area contributed by atoms with Crippen molar-refractivity contribution in [1.82, 2.24) is 9.88 Å². The van der Waals surface area contributed by atoms with Crippen LogP contribution in [-0.2, 0) is 9.59 Å². The molecule has 1 saturated heterocycles. The molecule has 112 valence electrons. The average molecular weight is 343 g/mol. The summed E-state index contributed by atoms with van der Waals surface area (Å²) in [4.78, 5) is 28.8. The molecular weight excluding hydrogens is 330 g/mol. The molecule has 1 aromatic rings. The fourth-order valence-electron chi connectivity index (χ4n) is 2.26. The first-order valence-corrected chi connectivity index (χ1v) is 9.05. The zero-order valence-electron chi connectivity index (χ0n) is 11.1. The van der Waals surface area contributed by atoms with Crippen LogP contribution in [0.3, 0.4) is 0 Å². The Hall–Kier alpha value is -1.03. The molecule has 0 bridgehead atoms. The van der Waals surface area contributed by atoms with Gasteiger partial charge >= 0.3 is 5.97 Å². The van der Waals surface area contributed by atoms with Crippen molar-refractivity contribution in [2.24, 2.45) is 5.73 Å². The van der Waals surface area contributed by atoms with Gasteiger partial charge in [0.25, 0.3) is 0 Å². The van der Waals surface area contributed by atoms with Crippen LogP contribution in [0.4, 0.5) is 0 Å². The zero-order valence-corrected chi connectivity index (χ0v) is 13.6. The number of hydrogen-bond acceptors (Lipinski definition) is 7. The van der Waals surface area contributed by atoms with Gasteiger partial charge in [0.05, 0.1) is 15.4 Å². The number of carbonyl (C=O) groups excluding carboxylic acids is 1. The Bertz CT molecular complexity index is 643. The summed E-state index contributed by atoms with van der Waals surface area (Å²) in [7, 11) is 0. The number of amides is 1. The van der Waals surface area contributed by atoms with E-state index in [0.717, 1.165) is 14.8 Å². The molecule has 0 radical (unpaired) electrons. The molecule has 21 heavy (non-hydrogen) atoms. The van der Waals surface area contributed by atoms with Crippen LogP contribution >= 0.6 is 34.9 Å². The van der Waals surface area contributed by atoms with Gasteiger partial charge in [-0.15, -0.1) is 34.9 Å². The van der Waals surface area contributed by atoms with Crippen molar-refractivity contribution in [1.29, 1.82) is 0 Å². The van der Waals surface area contributed by atoms with Crippen LogP contribution in [0.2, 0.25) is 0 Å². The van der Waals surface area contributed by atoms with E-state index in [1.807, 2.05) is 6.92 Å². The Kier molecular flexibility index (Phi) is 4.00. The van der Waals surface area contributed by atoms with Crippen LogP contribution in [-0.4, -0.2) is 49.8 Å². The van der Waals surface area contributed by atoms with Gasteiger partial charge in [0.15, 0.2) is 0 Å². The van der Waals surface area contributed by atoms with Gasteiger partial charge < -0.3 is 10.8 Å². The first-order valence-electron chi connectivity index (χ1n) is 6.20. The van der Waals surface area contributed by atoms with Gasteiger partial charge in [-0.05, 0) is 12.5 Å². The molecule has 0 aliphatic carbocycles. The number of rotatable bonds is 4. The van der Waals surface area contributed by atoms with E-state index in [4.69, 9.17) is 5.73 Å². The number of aromatic nitrogens is 1. The second kappa shape index (κ2) is 5.64. The van der Waals surface area contributed by atoms with Gasteiger partial charge in [0.1, 0.15) is 17.1 Å². The minimum atomic E-state index is -1.06. The van der Waals surface area contributed by atoms with E-state index in [0.29, 0.717) is 11.5 Å². The smallest absolute Gasteiger partial charge is 0.352 e. The average Bonchev–Trinajstić information content (AvgIpc) is 2.88. The highest BCUT2D eigenvalue weighted by atomic mass is 32.2. The van der Waals surface area contributed by atoms with Gasteiger partial charge in [-0.25, -0.2) is 9.78 Å². The maximum atomic E-state index is 11.8. The van der Waals surface area contributed by atoms with Crippen LogP contribution in [0.25, 0.3) is 0 Å². The summed E-state index contributed by atoms with van der Waals surface area (Å²) in [5, 5.41) is 10.2. The summed E-state index contributed by atoms with van der Waals surface area (Å²) in [5.74, 6) is -0.228. The van der Waals surface area contributed by atoms with Gasteiger partial charge in [0.2, 0.25) is 5.91 Å². The van der Waals surface area contributed by atoms with Crippen LogP contribution in [0.1, 0.15) is 5.01 Å². The molecule has 0 aromatic carbocycles. The van der Waals surface area contributed by atoms with Crippen molar-refractivity contribution >= 4 is 46.7 Å². The number of carboxylic acids is 1. The lowest BCUT2D eigenvalue weighted by Crippen LogP contribution is -2.68. The minimum absolute atomic E-state index is 0.110. The molecule has 1 amide bonds. The third-order valence-electron chi connectivity index (χ3n) is 3.28. The van der Waals surface area contributed by atoms with E-state index in [9.17, 15) is 14.7 Å². The molecule has 3 N–H and O–H groups in total. The van der Waals surface area contributed by atoms with E-state index < -0.39 is 12.0 Å². The van der Waals surface area contributed by atoms with E-state index >= 15 is 0 Å². The number of aliphatic carboxylic acids is 1. The molecular formula is C12H13N3O3S3. The summed E-state index contributed by atoms with van der Waals surface area (Å²) >= 11 is 4.66. The van der Waals surface area contributed by atoms with Gasteiger partial charge in [-0.1, -0.05) is 0 Å². The van der Waals surface area contributed by atoms with Gasteiger partial charge in [-0.3, -0.25) is 9.69 Å². The molecule has 2 aliphatic heterocycles. The highest BCUT2D eigenvalue weighted by molar-refractivity contribution is 8.02. The Morgan fingerprint density at radius 2 is 2.43 bits per heavy atom. The standard InChI is InChI=1S/C12H13N3O3S3/c1-5-14-2-7(21-5)19-3-6-4-20-11-8(13)10(16)15(11)9(6)12(17)18/h2,8,11H,3-4,13H2,1H3,(H,17,18)/t8?,11-/m0/s1. The third kappa shape index (κ3) is 2.59. The summed E-state index contributed by atoms with van der Waals surface area (Å²) in [6.45, 7) is 1.93. The Balaban J connectivity index is 1.81. The normalized spacial score (nSPS) is 24.9. The summed E-state index contributed by atoms with van der Waals surface area (Å²) in [6, 6.07) is -0.581. The number of hydrogen-bond donors (Lipinski definition) is 2. The zero-order chi connectivity index (χ0) is 15.1. The Labute approximate surface area is 133 Å². The largest absolute Gasteiger partial charge is 0.477 e. The lowest BCUT2D eigenvalue weighted by Gasteiger charge is -2.48. The summed E-state index contributed by atoms with van der Waals surface area (Å²) < 4.78 is 1.04. The Morgan fingerprint density at radius 1 is 1.67 bits per heavy atom. The minimum Gasteiger partial charge on any atom is -0.477 e. The van der Waals surface area contributed by atoms with Crippen LogP contribution in [0.5, 0.6) is 0 Å². The molecule has 3 heterocycles. The van der Waals surface area contributed by atoms with Crippen molar-refractivity contribution in [2.45, 2.75) is 22.5 Å². The monoisotopic (exact) mass is 343 g/mol. The van der Waals surface area contributed by atoms with Crippen molar-refractivity contribution in [3.8, 4) is 0 Å². The maximum absolute atomic E-state index is 11.8. The SMILES string of the molecule is Cc1ncc(SCC2=C(C(=O)O)N3C(=O)C(N)[C@@H]3SC2)s1. The third-order valence-corrected chi connectivity index (χ3v) is 6.83. The van der Waals surface area contributed by atoms with E-state index in [-0.39, 0.29) is 17.0 Å². The molecule has 6 nitrogen and oxygen atoms in total. The second-order valence-corrected chi connectivity index (χ2v) is 8.30. The number of fused-ring (bicyclic) bond motifs is 1. The van der Waals surface area contributed by atoms with Crippen molar-refractivity contribution in [3.63, 3.8) is 0 Å². The quantitative estimate of drug-likeness (QED) is 0.625. The van der Waals surface area contributed by atoms with Gasteiger partial charge in [-0.2, -0.15) is 0 Å². The summed E-state index contributed by atoms with van der Waals surface area (Å²) in [5.41, 5.74) is 6.59. The molecule has 1 aromatic heterocycles. The number of carbonyl (C=O) groups is 2. The predicted octanol–water partition coefficient (Wildman–Crippen LogP) is 1.12. The molecule has 1 unspecified atom stereocenters. The predicted molar refractivity (Wildman–Crippen MR) is 83.3 cm³/mol. The maximum Gasteiger partial charge on any atom is 0.352 e. The van der Waals surface area contributed by atoms with Crippen LogP contribution in [0.15, 0.2) is 21.7 Å². The molecule has 2 atom stereocenters. The fourth-order valence-corrected chi connectivity index (χ4v) is 5.64. The Morgan fingerprint density at radius 3 is 3.05 bits per heavy atom. The van der Waals surface area contributed by atoms with E-state index in [2.05, 4.69) is 4.98 Å². The number of nitrogens with two attached hydrogens (primary N) is 1. The first-order chi connectivity index (χ1) is 9.99. The fraction of sp³-hybridized carbons (Fsp3) is 0.417. The molecule has 1 fully saturated rings. The topological polar surface area (TPSA) is 96.5 Å². The van der Waals surface area contributed by atoms with Crippen molar-refractivity contribution < 1.29 is 14.7 Å². The van der Waals surface area contributed by atoms with E-state index in [1.54, 1.807) is 29.3 Å². The first kappa shape index (κ1) is 14.9.